The van der Waals surface area contributed by atoms with Crippen LogP contribution in [0.4, 0.5) is 5.13 Å². The summed E-state index contributed by atoms with van der Waals surface area (Å²) < 4.78 is 14.1. The molecule has 0 fully saturated rings. The number of methoxy groups -OCH3 is 2. The predicted molar refractivity (Wildman–Crippen MR) is 64.6 cm³/mol. The van der Waals surface area contributed by atoms with Crippen molar-refractivity contribution in [1.29, 1.82) is 0 Å². The lowest BCUT2D eigenvalue weighted by Crippen LogP contribution is -2.00. The Morgan fingerprint density at radius 1 is 1.24 bits per heavy atom. The van der Waals surface area contributed by atoms with Crippen molar-refractivity contribution in [2.45, 2.75) is 6.54 Å². The van der Waals surface area contributed by atoms with Gasteiger partial charge in [-0.05, 0) is 22.9 Å². The minimum Gasteiger partial charge on any atom is -0.493 e. The van der Waals surface area contributed by atoms with Crippen molar-refractivity contribution in [1.82, 2.24) is 14.8 Å². The van der Waals surface area contributed by atoms with E-state index in [0.717, 1.165) is 5.56 Å². The van der Waals surface area contributed by atoms with Gasteiger partial charge in [0.2, 0.25) is 5.13 Å². The van der Waals surface area contributed by atoms with Crippen LogP contribution in [0.5, 0.6) is 11.5 Å². The summed E-state index contributed by atoms with van der Waals surface area (Å²) in [5, 5.41) is 11.1. The first-order valence-corrected chi connectivity index (χ1v) is 5.70. The molecule has 0 saturated carbocycles. The van der Waals surface area contributed by atoms with Gasteiger partial charge in [0.05, 0.1) is 14.2 Å². The number of aromatic nitrogens is 3. The van der Waals surface area contributed by atoms with Gasteiger partial charge in [-0.1, -0.05) is 15.7 Å². The van der Waals surface area contributed by atoms with E-state index in [2.05, 4.69) is 20.1 Å². The minimum absolute atomic E-state index is 0.636. The summed E-state index contributed by atoms with van der Waals surface area (Å²) in [5.74, 6) is 1.43. The minimum atomic E-state index is 0.636. The molecule has 90 valence electrons. The fourth-order valence-electron chi connectivity index (χ4n) is 1.37. The number of benzene rings is 1. The average molecular weight is 252 g/mol. The average Bonchev–Trinajstić information content (AvgIpc) is 2.89. The van der Waals surface area contributed by atoms with Gasteiger partial charge in [-0.25, -0.2) is 0 Å². The Morgan fingerprint density at radius 3 is 2.71 bits per heavy atom. The molecule has 0 amide bonds. The molecule has 0 saturated heterocycles. The van der Waals surface area contributed by atoms with Crippen LogP contribution in [0, 0.1) is 0 Å². The van der Waals surface area contributed by atoms with Crippen LogP contribution in [-0.2, 0) is 6.54 Å². The second-order valence-electron chi connectivity index (χ2n) is 3.21. The lowest BCUT2D eigenvalue weighted by atomic mass is 10.2. The van der Waals surface area contributed by atoms with E-state index >= 15 is 0 Å². The molecular formula is C10H12N4O2S. The summed E-state index contributed by atoms with van der Waals surface area (Å²) in [7, 11) is 3.23. The van der Waals surface area contributed by atoms with Crippen molar-refractivity contribution in [2.24, 2.45) is 0 Å². The summed E-state index contributed by atoms with van der Waals surface area (Å²) in [6.45, 7) is 0.636. The monoisotopic (exact) mass is 252 g/mol. The maximum Gasteiger partial charge on any atom is 0.225 e. The normalized spacial score (nSPS) is 10.0. The van der Waals surface area contributed by atoms with Gasteiger partial charge >= 0.3 is 0 Å². The molecule has 0 radical (unpaired) electrons. The van der Waals surface area contributed by atoms with Crippen molar-refractivity contribution in [3.63, 3.8) is 0 Å². The van der Waals surface area contributed by atoms with E-state index in [0.29, 0.717) is 23.2 Å². The Kier molecular flexibility index (Phi) is 3.71. The Labute approximate surface area is 103 Å². The quantitative estimate of drug-likeness (QED) is 0.871. The van der Waals surface area contributed by atoms with Crippen LogP contribution in [0.15, 0.2) is 18.2 Å². The lowest BCUT2D eigenvalue weighted by Gasteiger charge is -2.09. The van der Waals surface area contributed by atoms with Crippen molar-refractivity contribution in [2.75, 3.05) is 19.5 Å². The molecule has 0 aliphatic carbocycles. The second kappa shape index (κ2) is 5.44. The Balaban J connectivity index is 2.06. The topological polar surface area (TPSA) is 69.2 Å². The van der Waals surface area contributed by atoms with Crippen LogP contribution in [0.2, 0.25) is 0 Å². The molecule has 6 nitrogen and oxygen atoms in total. The third-order valence-corrected chi connectivity index (χ3v) is 2.74. The third kappa shape index (κ3) is 2.82. The third-order valence-electron chi connectivity index (χ3n) is 2.19. The highest BCUT2D eigenvalue weighted by atomic mass is 32.1. The van der Waals surface area contributed by atoms with Gasteiger partial charge in [0.1, 0.15) is 0 Å². The first-order valence-electron chi connectivity index (χ1n) is 4.93. The highest BCUT2D eigenvalue weighted by Crippen LogP contribution is 2.27. The molecule has 1 N–H and O–H groups in total. The van der Waals surface area contributed by atoms with Crippen LogP contribution < -0.4 is 14.8 Å². The molecule has 0 bridgehead atoms. The van der Waals surface area contributed by atoms with Gasteiger partial charge in [0, 0.05) is 18.1 Å². The molecule has 0 aliphatic heterocycles. The molecule has 1 aromatic heterocycles. The second-order valence-corrected chi connectivity index (χ2v) is 3.94. The zero-order valence-electron chi connectivity index (χ0n) is 9.51. The van der Waals surface area contributed by atoms with Crippen LogP contribution in [0.1, 0.15) is 5.56 Å². The summed E-state index contributed by atoms with van der Waals surface area (Å²) in [6.07, 6.45) is 0. The van der Waals surface area contributed by atoms with Crippen molar-refractivity contribution >= 4 is 16.7 Å². The maximum atomic E-state index is 5.22. The Morgan fingerprint density at radius 2 is 2.06 bits per heavy atom. The van der Waals surface area contributed by atoms with E-state index in [9.17, 15) is 0 Å². The number of ether oxygens (including phenoxy) is 2. The van der Waals surface area contributed by atoms with E-state index in [1.165, 1.54) is 11.5 Å². The fraction of sp³-hybridized carbons (Fsp3) is 0.300. The molecule has 7 heteroatoms. The van der Waals surface area contributed by atoms with Gasteiger partial charge in [-0.2, -0.15) is 0 Å². The van der Waals surface area contributed by atoms with Crippen LogP contribution in [-0.4, -0.2) is 29.0 Å². The first-order chi connectivity index (χ1) is 8.33. The van der Waals surface area contributed by atoms with Gasteiger partial charge in [-0.3, -0.25) is 0 Å². The van der Waals surface area contributed by atoms with Crippen LogP contribution >= 0.6 is 11.5 Å². The molecule has 0 aliphatic rings. The number of nitrogens with one attached hydrogen (secondary N) is 1. The number of nitrogens with zero attached hydrogens (tertiary/aromatic N) is 3. The number of hydrogen-bond acceptors (Lipinski definition) is 7. The number of anilines is 1. The lowest BCUT2D eigenvalue weighted by molar-refractivity contribution is 0.354. The molecule has 1 aromatic carbocycles. The smallest absolute Gasteiger partial charge is 0.225 e. The van der Waals surface area contributed by atoms with Crippen LogP contribution in [0.3, 0.4) is 0 Å². The zero-order valence-corrected chi connectivity index (χ0v) is 10.3. The fourth-order valence-corrected chi connectivity index (χ4v) is 1.73. The summed E-state index contributed by atoms with van der Waals surface area (Å²) in [6, 6.07) is 5.75. The molecule has 2 aromatic rings. The first kappa shape index (κ1) is 11.6. The molecule has 1 heterocycles. The zero-order chi connectivity index (χ0) is 12.1. The highest BCUT2D eigenvalue weighted by Gasteiger charge is 2.05. The van der Waals surface area contributed by atoms with E-state index in [1.54, 1.807) is 14.2 Å². The molecule has 0 unspecified atom stereocenters. The Bertz CT molecular complexity index is 475. The number of rotatable bonds is 5. The summed E-state index contributed by atoms with van der Waals surface area (Å²) in [5.41, 5.74) is 1.07. The standard InChI is InChI=1S/C10H12N4O2S/c1-15-8-4-3-7(5-9(8)16-2)6-11-10-12-13-14-17-10/h3-5H,6H2,1-2H3,(H,11,12,14). The largest absolute Gasteiger partial charge is 0.493 e. The van der Waals surface area contributed by atoms with E-state index < -0.39 is 0 Å². The number of hydrogen-bond donors (Lipinski definition) is 1. The van der Waals surface area contributed by atoms with Crippen LogP contribution in [0.25, 0.3) is 0 Å². The van der Waals surface area contributed by atoms with E-state index in [4.69, 9.17) is 9.47 Å². The van der Waals surface area contributed by atoms with Crippen molar-refractivity contribution < 1.29 is 9.47 Å². The molecule has 0 spiro atoms. The van der Waals surface area contributed by atoms with Gasteiger partial charge in [-0.15, -0.1) is 0 Å². The molecule has 0 atom stereocenters. The summed E-state index contributed by atoms with van der Waals surface area (Å²) in [4.78, 5) is 0. The predicted octanol–water partition coefficient (Wildman–Crippen LogP) is 1.56. The summed E-state index contributed by atoms with van der Waals surface area (Å²) >= 11 is 1.22. The molecular weight excluding hydrogens is 240 g/mol. The van der Waals surface area contributed by atoms with E-state index in [1.807, 2.05) is 18.2 Å². The van der Waals surface area contributed by atoms with Gasteiger partial charge in [0.15, 0.2) is 11.5 Å². The van der Waals surface area contributed by atoms with Crippen molar-refractivity contribution in [3.8, 4) is 11.5 Å². The maximum absolute atomic E-state index is 5.22. The highest BCUT2D eigenvalue weighted by molar-refractivity contribution is 7.09. The van der Waals surface area contributed by atoms with E-state index in [-0.39, 0.29) is 0 Å². The van der Waals surface area contributed by atoms with Gasteiger partial charge in [0.25, 0.3) is 0 Å². The van der Waals surface area contributed by atoms with Gasteiger partial charge < -0.3 is 14.8 Å². The Hall–Kier alpha value is -1.89. The SMILES string of the molecule is COc1ccc(CNc2nnns2)cc1OC. The van der Waals surface area contributed by atoms with Crippen molar-refractivity contribution in [3.05, 3.63) is 23.8 Å². The molecule has 2 rings (SSSR count). The molecule has 17 heavy (non-hydrogen) atoms.